The average Bonchev–Trinajstić information content (AvgIpc) is 2.29. The highest BCUT2D eigenvalue weighted by molar-refractivity contribution is 5.69. The molecule has 1 aromatic rings. The normalized spacial score (nSPS) is 9.94. The molecular weight excluding hydrogens is 230 g/mol. The van der Waals surface area contributed by atoms with E-state index in [9.17, 15) is 19.3 Å². The van der Waals surface area contributed by atoms with Gasteiger partial charge in [-0.3, -0.25) is 19.0 Å². The topological polar surface area (TPSA) is 111 Å². The minimum Gasteiger partial charge on any atom is -0.465 e. The second-order valence-electron chi connectivity index (χ2n) is 3.09. The van der Waals surface area contributed by atoms with Crippen molar-refractivity contribution >= 4 is 5.97 Å². The van der Waals surface area contributed by atoms with Crippen molar-refractivity contribution in [3.63, 3.8) is 0 Å². The van der Waals surface area contributed by atoms with Crippen molar-refractivity contribution in [3.05, 3.63) is 37.5 Å². The number of nitrogens with zero attached hydrogens (tertiary/aromatic N) is 2. The summed E-state index contributed by atoms with van der Waals surface area (Å²) in [5.74, 6) is -0.660. The summed E-state index contributed by atoms with van der Waals surface area (Å²) in [6.07, 6.45) is 1.17. The number of nitroso groups, excluding NO2 is 1. The first-order chi connectivity index (χ1) is 8.10. The molecule has 1 rings (SSSR count). The Balaban J connectivity index is 3.14. The highest BCUT2D eigenvalue weighted by atomic mass is 16.5. The number of hydrogen-bond donors (Lipinski definition) is 1. The van der Waals surface area contributed by atoms with E-state index >= 15 is 0 Å². The number of aromatic amines is 1. The standard InChI is InChI=1S/C9H11N3O5/c1-2-17-7(13)5-12-6(4-11-16)3-10-8(14)9(12)15/h3H,2,4-5H2,1H3,(H,10,14). The molecule has 1 aromatic heterocycles. The number of ether oxygens (including phenoxy) is 1. The number of nitrogens with one attached hydrogen (secondary N) is 1. The summed E-state index contributed by atoms with van der Waals surface area (Å²) >= 11 is 0. The van der Waals surface area contributed by atoms with Crippen LogP contribution in [0.1, 0.15) is 12.6 Å². The Labute approximate surface area is 95.2 Å². The van der Waals surface area contributed by atoms with Gasteiger partial charge >= 0.3 is 17.1 Å². The number of aromatic nitrogens is 2. The Kier molecular flexibility index (Phi) is 4.32. The summed E-state index contributed by atoms with van der Waals surface area (Å²) in [7, 11) is 0. The number of esters is 1. The molecule has 1 N–H and O–H groups in total. The lowest BCUT2D eigenvalue weighted by atomic mass is 10.4. The lowest BCUT2D eigenvalue weighted by molar-refractivity contribution is -0.143. The molecule has 0 unspecified atom stereocenters. The van der Waals surface area contributed by atoms with Crippen LogP contribution in [0.5, 0.6) is 0 Å². The Morgan fingerprint density at radius 2 is 2.24 bits per heavy atom. The van der Waals surface area contributed by atoms with Gasteiger partial charge in [-0.2, -0.15) is 4.91 Å². The van der Waals surface area contributed by atoms with Gasteiger partial charge in [0.15, 0.2) is 0 Å². The lowest BCUT2D eigenvalue weighted by Crippen LogP contribution is -2.39. The number of hydrogen-bond acceptors (Lipinski definition) is 6. The highest BCUT2D eigenvalue weighted by Crippen LogP contribution is 1.96. The van der Waals surface area contributed by atoms with Crippen LogP contribution in [0, 0.1) is 4.91 Å². The molecule has 1 heterocycles. The minimum absolute atomic E-state index is 0.151. The Morgan fingerprint density at radius 1 is 1.53 bits per heavy atom. The van der Waals surface area contributed by atoms with Crippen LogP contribution in [0.15, 0.2) is 21.0 Å². The second kappa shape index (κ2) is 5.73. The predicted octanol–water partition coefficient (Wildman–Crippen LogP) is -0.634. The van der Waals surface area contributed by atoms with Crippen LogP contribution in [0.25, 0.3) is 0 Å². The molecule has 0 aliphatic rings. The Bertz CT molecular complexity index is 530. The summed E-state index contributed by atoms with van der Waals surface area (Å²) in [5.41, 5.74) is -1.64. The van der Waals surface area contributed by atoms with Crippen molar-refractivity contribution in [1.29, 1.82) is 0 Å². The van der Waals surface area contributed by atoms with Crippen LogP contribution >= 0.6 is 0 Å². The maximum absolute atomic E-state index is 11.5. The predicted molar refractivity (Wildman–Crippen MR) is 57.5 cm³/mol. The first-order valence-corrected chi connectivity index (χ1v) is 4.86. The molecule has 0 spiro atoms. The van der Waals surface area contributed by atoms with Crippen molar-refractivity contribution in [2.24, 2.45) is 5.18 Å². The van der Waals surface area contributed by atoms with Gasteiger partial charge in [0.25, 0.3) is 0 Å². The van der Waals surface area contributed by atoms with Gasteiger partial charge in [0.2, 0.25) is 0 Å². The van der Waals surface area contributed by atoms with Crippen molar-refractivity contribution < 1.29 is 9.53 Å². The molecule has 0 atom stereocenters. The zero-order valence-electron chi connectivity index (χ0n) is 9.13. The van der Waals surface area contributed by atoms with Crippen molar-refractivity contribution in [3.8, 4) is 0 Å². The zero-order valence-corrected chi connectivity index (χ0v) is 9.13. The number of rotatable bonds is 5. The van der Waals surface area contributed by atoms with Gasteiger partial charge in [-0.25, -0.2) is 0 Å². The number of carbonyl (C=O) groups excluding carboxylic acids is 1. The van der Waals surface area contributed by atoms with Gasteiger partial charge < -0.3 is 9.72 Å². The molecule has 0 saturated carbocycles. The van der Waals surface area contributed by atoms with Crippen LogP contribution in [-0.4, -0.2) is 22.1 Å². The van der Waals surface area contributed by atoms with E-state index < -0.39 is 23.6 Å². The molecule has 0 aliphatic carbocycles. The third-order valence-electron chi connectivity index (χ3n) is 1.98. The molecule has 8 heteroatoms. The van der Waals surface area contributed by atoms with Gasteiger partial charge in [-0.15, -0.1) is 0 Å². The van der Waals surface area contributed by atoms with E-state index in [1.807, 2.05) is 0 Å². The fraction of sp³-hybridized carbons (Fsp3) is 0.444. The van der Waals surface area contributed by atoms with Crippen LogP contribution in [0.4, 0.5) is 0 Å². The lowest BCUT2D eigenvalue weighted by Gasteiger charge is -2.08. The monoisotopic (exact) mass is 241 g/mol. The third-order valence-corrected chi connectivity index (χ3v) is 1.98. The van der Waals surface area contributed by atoms with Gasteiger partial charge in [-0.1, -0.05) is 5.18 Å². The zero-order chi connectivity index (χ0) is 12.8. The maximum Gasteiger partial charge on any atom is 0.326 e. The molecule has 17 heavy (non-hydrogen) atoms. The van der Waals surface area contributed by atoms with Crippen molar-refractivity contribution in [2.45, 2.75) is 20.0 Å². The molecule has 0 aliphatic heterocycles. The fourth-order valence-corrected chi connectivity index (χ4v) is 1.25. The molecule has 8 nitrogen and oxygen atoms in total. The molecule has 0 amide bonds. The van der Waals surface area contributed by atoms with Gasteiger partial charge in [0.1, 0.15) is 13.1 Å². The summed E-state index contributed by atoms with van der Waals surface area (Å²) in [5, 5.41) is 2.61. The summed E-state index contributed by atoms with van der Waals surface area (Å²) in [6, 6.07) is 0. The quantitative estimate of drug-likeness (QED) is 0.419. The van der Waals surface area contributed by atoms with E-state index in [4.69, 9.17) is 0 Å². The van der Waals surface area contributed by atoms with Crippen LogP contribution in [-0.2, 0) is 22.6 Å². The Hall–Kier alpha value is -2.25. The maximum atomic E-state index is 11.5. The van der Waals surface area contributed by atoms with Gasteiger partial charge in [0.05, 0.1) is 12.3 Å². The summed E-state index contributed by atoms with van der Waals surface area (Å²) in [6.45, 7) is 1.05. The van der Waals surface area contributed by atoms with E-state index in [0.29, 0.717) is 0 Å². The fourth-order valence-electron chi connectivity index (χ4n) is 1.25. The van der Waals surface area contributed by atoms with Gasteiger partial charge in [-0.05, 0) is 6.92 Å². The molecule has 0 saturated heterocycles. The van der Waals surface area contributed by atoms with Crippen LogP contribution in [0.2, 0.25) is 0 Å². The van der Waals surface area contributed by atoms with Crippen LogP contribution < -0.4 is 11.1 Å². The average molecular weight is 241 g/mol. The van der Waals surface area contributed by atoms with Gasteiger partial charge in [0, 0.05) is 6.20 Å². The van der Waals surface area contributed by atoms with Crippen LogP contribution in [0.3, 0.4) is 0 Å². The summed E-state index contributed by atoms with van der Waals surface area (Å²) < 4.78 is 5.53. The highest BCUT2D eigenvalue weighted by Gasteiger charge is 2.12. The smallest absolute Gasteiger partial charge is 0.326 e. The van der Waals surface area contributed by atoms with E-state index in [1.165, 1.54) is 6.20 Å². The minimum atomic E-state index is -0.917. The van der Waals surface area contributed by atoms with E-state index in [2.05, 4.69) is 14.9 Å². The largest absolute Gasteiger partial charge is 0.465 e. The Morgan fingerprint density at radius 3 is 2.82 bits per heavy atom. The van der Waals surface area contributed by atoms with E-state index in [-0.39, 0.29) is 18.8 Å². The molecule has 0 radical (unpaired) electrons. The molecule has 92 valence electrons. The van der Waals surface area contributed by atoms with E-state index in [0.717, 1.165) is 4.57 Å². The first kappa shape index (κ1) is 12.8. The molecule has 0 bridgehead atoms. The van der Waals surface area contributed by atoms with Crippen molar-refractivity contribution in [2.75, 3.05) is 6.61 Å². The second-order valence-corrected chi connectivity index (χ2v) is 3.09. The van der Waals surface area contributed by atoms with Crippen molar-refractivity contribution in [1.82, 2.24) is 9.55 Å². The van der Waals surface area contributed by atoms with E-state index in [1.54, 1.807) is 6.92 Å². The third kappa shape index (κ3) is 3.10. The number of carbonyl (C=O) groups is 1. The molecular formula is C9H11N3O5. The number of H-pyrrole nitrogens is 1. The first-order valence-electron chi connectivity index (χ1n) is 4.86. The SMILES string of the molecule is CCOC(=O)Cn1c(CN=O)c[nH]c(=O)c1=O. The molecule has 0 fully saturated rings. The molecule has 0 aromatic carbocycles. The summed E-state index contributed by atoms with van der Waals surface area (Å²) in [4.78, 5) is 46.1.